The Morgan fingerprint density at radius 2 is 1.79 bits per heavy atom. The van der Waals surface area contributed by atoms with Gasteiger partial charge in [0.25, 0.3) is 0 Å². The fraction of sp³-hybridized carbons (Fsp3) is 0. The van der Waals surface area contributed by atoms with Crippen LogP contribution in [0, 0.1) is 0 Å². The van der Waals surface area contributed by atoms with Gasteiger partial charge in [0.1, 0.15) is 6.33 Å². The van der Waals surface area contributed by atoms with Gasteiger partial charge in [-0.3, -0.25) is 4.57 Å². The zero-order chi connectivity index (χ0) is 13.2. The topological polar surface area (TPSA) is 56.7 Å². The third kappa shape index (κ3) is 2.13. The Labute approximate surface area is 119 Å². The summed E-state index contributed by atoms with van der Waals surface area (Å²) in [5, 5.41) is 8.16. The van der Waals surface area contributed by atoms with Crippen molar-refractivity contribution in [2.45, 2.75) is 0 Å². The Morgan fingerprint density at radius 1 is 1.00 bits per heavy atom. The molecule has 5 heteroatoms. The molecule has 0 bridgehead atoms. The third-order valence-corrected chi connectivity index (χ3v) is 3.57. The average molecular weight is 315 g/mol. The van der Waals surface area contributed by atoms with Crippen LogP contribution in [0.15, 0.2) is 59.3 Å². The van der Waals surface area contributed by atoms with Gasteiger partial charge >= 0.3 is 0 Å². The van der Waals surface area contributed by atoms with E-state index in [9.17, 15) is 0 Å². The molecule has 0 radical (unpaired) electrons. The van der Waals surface area contributed by atoms with E-state index in [1.54, 1.807) is 6.33 Å². The Morgan fingerprint density at radius 3 is 2.58 bits per heavy atom. The molecule has 94 valence electrons. The van der Waals surface area contributed by atoms with E-state index in [1.165, 1.54) is 0 Å². The van der Waals surface area contributed by atoms with Crippen molar-refractivity contribution in [3.63, 3.8) is 0 Å². The predicted octanol–water partition coefficient (Wildman–Crippen LogP) is 3.28. The van der Waals surface area contributed by atoms with Crippen LogP contribution >= 0.6 is 15.9 Å². The number of aromatic nitrogens is 3. The summed E-state index contributed by atoms with van der Waals surface area (Å²) in [5.74, 6) is 0.727. The fourth-order valence-electron chi connectivity index (χ4n) is 1.93. The lowest BCUT2D eigenvalue weighted by atomic mass is 10.1. The van der Waals surface area contributed by atoms with Crippen molar-refractivity contribution in [2.24, 2.45) is 0 Å². The molecule has 1 heterocycles. The molecule has 3 rings (SSSR count). The summed E-state index contributed by atoms with van der Waals surface area (Å²) in [6.07, 6.45) is 1.69. The molecular formula is C14H11BrN4. The summed E-state index contributed by atoms with van der Waals surface area (Å²) in [4.78, 5) is 0. The van der Waals surface area contributed by atoms with Crippen molar-refractivity contribution < 1.29 is 0 Å². The molecule has 3 aromatic rings. The molecule has 2 N–H and O–H groups in total. The largest absolute Gasteiger partial charge is 0.397 e. The number of benzene rings is 2. The number of nitrogens with two attached hydrogens (primary N) is 1. The minimum absolute atomic E-state index is 0.660. The van der Waals surface area contributed by atoms with E-state index in [4.69, 9.17) is 5.73 Å². The van der Waals surface area contributed by atoms with E-state index >= 15 is 0 Å². The van der Waals surface area contributed by atoms with Crippen LogP contribution in [-0.4, -0.2) is 14.8 Å². The highest BCUT2D eigenvalue weighted by Crippen LogP contribution is 2.31. The maximum Gasteiger partial charge on any atom is 0.170 e. The molecule has 19 heavy (non-hydrogen) atoms. The van der Waals surface area contributed by atoms with Crippen LogP contribution in [0.3, 0.4) is 0 Å². The first-order valence-electron chi connectivity index (χ1n) is 5.77. The van der Waals surface area contributed by atoms with Crippen LogP contribution in [0.25, 0.3) is 17.1 Å². The van der Waals surface area contributed by atoms with Gasteiger partial charge in [0.05, 0.1) is 5.69 Å². The zero-order valence-electron chi connectivity index (χ0n) is 9.99. The molecule has 0 aliphatic heterocycles. The number of hydrogen-bond donors (Lipinski definition) is 1. The molecule has 0 saturated carbocycles. The summed E-state index contributed by atoms with van der Waals surface area (Å²) in [6, 6.07) is 15.7. The summed E-state index contributed by atoms with van der Waals surface area (Å²) in [7, 11) is 0. The van der Waals surface area contributed by atoms with E-state index in [0.29, 0.717) is 5.69 Å². The number of para-hydroxylation sites is 2. The normalized spacial score (nSPS) is 10.6. The monoisotopic (exact) mass is 314 g/mol. The van der Waals surface area contributed by atoms with E-state index in [-0.39, 0.29) is 0 Å². The summed E-state index contributed by atoms with van der Waals surface area (Å²) in [6.45, 7) is 0. The van der Waals surface area contributed by atoms with Crippen LogP contribution in [0.1, 0.15) is 0 Å². The van der Waals surface area contributed by atoms with Crippen molar-refractivity contribution in [1.29, 1.82) is 0 Å². The van der Waals surface area contributed by atoms with Crippen LogP contribution in [0.4, 0.5) is 5.69 Å². The molecule has 0 aliphatic carbocycles. The second-order valence-electron chi connectivity index (χ2n) is 4.06. The first-order chi connectivity index (χ1) is 9.27. The van der Waals surface area contributed by atoms with Crippen molar-refractivity contribution in [3.05, 3.63) is 59.3 Å². The molecule has 0 spiro atoms. The summed E-state index contributed by atoms with van der Waals surface area (Å²) < 4.78 is 2.77. The highest BCUT2D eigenvalue weighted by molar-refractivity contribution is 9.10. The lowest BCUT2D eigenvalue weighted by molar-refractivity contribution is 1.06. The molecule has 1 aromatic heterocycles. The first-order valence-corrected chi connectivity index (χ1v) is 6.56. The Balaban J connectivity index is 2.18. The molecule has 4 nitrogen and oxygen atoms in total. The quantitative estimate of drug-likeness (QED) is 0.738. The van der Waals surface area contributed by atoms with Gasteiger partial charge in [-0.05, 0) is 40.2 Å². The van der Waals surface area contributed by atoms with Crippen molar-refractivity contribution in [1.82, 2.24) is 14.8 Å². The smallest absolute Gasteiger partial charge is 0.170 e. The minimum Gasteiger partial charge on any atom is -0.397 e. The maximum atomic E-state index is 6.09. The number of halogens is 1. The third-order valence-electron chi connectivity index (χ3n) is 2.88. The number of anilines is 1. The van der Waals surface area contributed by atoms with Gasteiger partial charge in [-0.2, -0.15) is 0 Å². The first kappa shape index (κ1) is 11.9. The van der Waals surface area contributed by atoms with Crippen molar-refractivity contribution in [3.8, 4) is 17.1 Å². The Bertz CT molecular complexity index is 706. The van der Waals surface area contributed by atoms with Gasteiger partial charge in [0.2, 0.25) is 0 Å². The molecule has 0 aliphatic rings. The van der Waals surface area contributed by atoms with E-state index in [2.05, 4.69) is 26.1 Å². The lowest BCUT2D eigenvalue weighted by Crippen LogP contribution is -1.99. The van der Waals surface area contributed by atoms with Crippen molar-refractivity contribution in [2.75, 3.05) is 5.73 Å². The van der Waals surface area contributed by atoms with Gasteiger partial charge in [-0.25, -0.2) is 0 Å². The van der Waals surface area contributed by atoms with Gasteiger partial charge in [0.15, 0.2) is 5.82 Å². The highest BCUT2D eigenvalue weighted by atomic mass is 79.9. The molecule has 0 amide bonds. The van der Waals surface area contributed by atoms with Crippen LogP contribution < -0.4 is 5.73 Å². The Hall–Kier alpha value is -2.14. The van der Waals surface area contributed by atoms with Crippen LogP contribution in [0.2, 0.25) is 0 Å². The average Bonchev–Trinajstić information content (AvgIpc) is 2.92. The summed E-state index contributed by atoms with van der Waals surface area (Å²) in [5.41, 5.74) is 8.61. The van der Waals surface area contributed by atoms with Gasteiger partial charge in [0, 0.05) is 15.7 Å². The van der Waals surface area contributed by atoms with E-state index in [0.717, 1.165) is 21.5 Å². The predicted molar refractivity (Wildman–Crippen MR) is 78.9 cm³/mol. The van der Waals surface area contributed by atoms with Gasteiger partial charge in [-0.1, -0.05) is 24.3 Å². The van der Waals surface area contributed by atoms with E-state index in [1.807, 2.05) is 53.1 Å². The van der Waals surface area contributed by atoms with Gasteiger partial charge in [-0.15, -0.1) is 10.2 Å². The SMILES string of the molecule is Nc1c(Br)cccc1-c1nncn1-c1ccccc1. The molecule has 0 fully saturated rings. The fourth-order valence-corrected chi connectivity index (χ4v) is 2.29. The Kier molecular flexibility index (Phi) is 3.05. The minimum atomic E-state index is 0.660. The van der Waals surface area contributed by atoms with Crippen LogP contribution in [0.5, 0.6) is 0 Å². The van der Waals surface area contributed by atoms with Crippen LogP contribution in [-0.2, 0) is 0 Å². The number of hydrogen-bond acceptors (Lipinski definition) is 3. The molecular weight excluding hydrogens is 304 g/mol. The number of rotatable bonds is 2. The number of nitrogens with zero attached hydrogens (tertiary/aromatic N) is 3. The molecule has 0 unspecified atom stereocenters. The second-order valence-corrected chi connectivity index (χ2v) is 4.92. The lowest BCUT2D eigenvalue weighted by Gasteiger charge is -2.09. The van der Waals surface area contributed by atoms with E-state index < -0.39 is 0 Å². The second kappa shape index (κ2) is 4.85. The van der Waals surface area contributed by atoms with Crippen molar-refractivity contribution >= 4 is 21.6 Å². The zero-order valence-corrected chi connectivity index (χ0v) is 11.6. The molecule has 0 saturated heterocycles. The van der Waals surface area contributed by atoms with Gasteiger partial charge < -0.3 is 5.73 Å². The summed E-state index contributed by atoms with van der Waals surface area (Å²) >= 11 is 3.43. The maximum absolute atomic E-state index is 6.09. The number of nitrogen functional groups attached to an aromatic ring is 1. The molecule has 0 atom stereocenters. The standard InChI is InChI=1S/C14H11BrN4/c15-12-8-4-7-11(13(12)16)14-18-17-9-19(14)10-5-2-1-3-6-10/h1-9H,16H2. The molecule has 2 aromatic carbocycles. The highest BCUT2D eigenvalue weighted by Gasteiger charge is 2.12.